The molecule has 0 saturated heterocycles. The molecule has 4 heterocycles. The van der Waals surface area contributed by atoms with Gasteiger partial charge in [0.15, 0.2) is 5.65 Å². The maximum atomic E-state index is 5.14. The lowest BCUT2D eigenvalue weighted by Gasteiger charge is -2.49. The smallest absolute Gasteiger partial charge is 0.159 e. The molecule has 182 valence electrons. The molecular weight excluding hydrogens is 422 g/mol. The number of hydrogen-bond acceptors (Lipinski definition) is 5. The number of rotatable bonds is 5. The average molecular weight is 462 g/mol. The highest BCUT2D eigenvalue weighted by Gasteiger charge is 2.44. The van der Waals surface area contributed by atoms with Crippen LogP contribution in [-0.4, -0.2) is 43.7 Å². The lowest BCUT2D eigenvalue weighted by Crippen LogP contribution is -2.48. The van der Waals surface area contributed by atoms with E-state index in [-0.39, 0.29) is 0 Å². The summed E-state index contributed by atoms with van der Waals surface area (Å²) in [7, 11) is 1.97. The molecule has 0 radical (unpaired) electrons. The molecule has 1 N–H and O–H groups in total. The molecule has 2 aliphatic carbocycles. The minimum Gasteiger partial charge on any atom is -0.366 e. The van der Waals surface area contributed by atoms with E-state index < -0.39 is 0 Å². The largest absolute Gasteiger partial charge is 0.366 e. The fourth-order valence-corrected chi connectivity index (χ4v) is 7.32. The summed E-state index contributed by atoms with van der Waals surface area (Å²) in [5.74, 6) is 0.849. The van der Waals surface area contributed by atoms with Crippen LogP contribution in [0.25, 0.3) is 11.0 Å². The van der Waals surface area contributed by atoms with Crippen molar-refractivity contribution in [2.24, 2.45) is 18.4 Å². The van der Waals surface area contributed by atoms with Gasteiger partial charge in [0, 0.05) is 56.1 Å². The lowest BCUT2D eigenvalue weighted by molar-refractivity contribution is 0.0328. The second-order valence-corrected chi connectivity index (χ2v) is 11.2. The predicted octanol–water partition coefficient (Wildman–Crippen LogP) is 4.29. The summed E-state index contributed by atoms with van der Waals surface area (Å²) in [5.41, 5.74) is 7.83. The summed E-state index contributed by atoms with van der Waals surface area (Å²) in [6.45, 7) is 10.7. The first-order chi connectivity index (χ1) is 16.5. The van der Waals surface area contributed by atoms with Crippen molar-refractivity contribution in [3.8, 4) is 0 Å². The van der Waals surface area contributed by atoms with E-state index in [0.29, 0.717) is 5.41 Å². The van der Waals surface area contributed by atoms with Crippen LogP contribution in [0.5, 0.6) is 0 Å². The van der Waals surface area contributed by atoms with Crippen molar-refractivity contribution < 1.29 is 0 Å². The number of aryl methyl sites for hydroxylation is 3. The van der Waals surface area contributed by atoms with Gasteiger partial charge in [0.05, 0.1) is 23.0 Å². The number of nitrogens with one attached hydrogen (secondary N) is 1. The fraction of sp³-hybridized carbons (Fsp3) is 0.667. The number of nitrogens with zero attached hydrogens (tertiary/aromatic N) is 6. The van der Waals surface area contributed by atoms with E-state index in [2.05, 4.69) is 46.8 Å². The summed E-state index contributed by atoms with van der Waals surface area (Å²) in [6.07, 6.45) is 11.2. The van der Waals surface area contributed by atoms with Crippen molar-refractivity contribution in [2.75, 3.05) is 18.0 Å². The van der Waals surface area contributed by atoms with Gasteiger partial charge in [-0.05, 0) is 69.9 Å². The SMILES string of the molecule is CCNC1CCC2(Cn3nc(C)c4c3CCN(c3cc(C)nc5c3cnn5C)C4)CCCC1C2. The highest BCUT2D eigenvalue weighted by molar-refractivity contribution is 5.89. The summed E-state index contributed by atoms with van der Waals surface area (Å²) in [5, 5.41) is 14.5. The monoisotopic (exact) mass is 461 g/mol. The first-order valence-corrected chi connectivity index (χ1v) is 13.3. The van der Waals surface area contributed by atoms with Gasteiger partial charge in [-0.15, -0.1) is 0 Å². The Morgan fingerprint density at radius 3 is 2.94 bits per heavy atom. The lowest BCUT2D eigenvalue weighted by atomic mass is 9.60. The Kier molecular flexibility index (Phi) is 5.43. The molecule has 3 aromatic rings. The molecule has 1 aliphatic heterocycles. The third-order valence-corrected chi connectivity index (χ3v) is 8.97. The van der Waals surface area contributed by atoms with Crippen LogP contribution in [-0.2, 0) is 26.6 Å². The maximum Gasteiger partial charge on any atom is 0.159 e. The van der Waals surface area contributed by atoms with Gasteiger partial charge in [0.1, 0.15) is 0 Å². The van der Waals surface area contributed by atoms with E-state index in [9.17, 15) is 0 Å². The molecular formula is C27H39N7. The highest BCUT2D eigenvalue weighted by Crippen LogP contribution is 2.50. The predicted molar refractivity (Wildman–Crippen MR) is 136 cm³/mol. The number of anilines is 1. The zero-order chi connectivity index (χ0) is 23.4. The standard InChI is InChI=1S/C27H39N7/c1-5-28-23-8-11-27(10-6-7-20(23)14-27)17-34-24-9-12-33(16-22(24)19(3)31-34)25-13-18(2)30-26-21(25)15-29-32(26)4/h13,15,20,23,28H,5-12,14,16-17H2,1-4H3. The maximum absolute atomic E-state index is 5.14. The summed E-state index contributed by atoms with van der Waals surface area (Å²) in [6, 6.07) is 2.95. The van der Waals surface area contributed by atoms with E-state index in [1.165, 1.54) is 61.2 Å². The topological polar surface area (TPSA) is 63.8 Å². The van der Waals surface area contributed by atoms with Gasteiger partial charge in [-0.1, -0.05) is 13.3 Å². The first-order valence-electron chi connectivity index (χ1n) is 13.3. The summed E-state index contributed by atoms with van der Waals surface area (Å²) < 4.78 is 4.31. The second kappa shape index (κ2) is 8.36. The van der Waals surface area contributed by atoms with Crippen LogP contribution in [0.15, 0.2) is 12.3 Å². The number of hydrogen-bond donors (Lipinski definition) is 1. The quantitative estimate of drug-likeness (QED) is 0.614. The Balaban J connectivity index is 1.26. The molecule has 0 spiro atoms. The molecule has 0 amide bonds. The van der Waals surface area contributed by atoms with Crippen molar-refractivity contribution in [1.29, 1.82) is 0 Å². The summed E-state index contributed by atoms with van der Waals surface area (Å²) >= 11 is 0. The van der Waals surface area contributed by atoms with Crippen molar-refractivity contribution in [3.63, 3.8) is 0 Å². The number of pyridine rings is 1. The Morgan fingerprint density at radius 2 is 2.09 bits per heavy atom. The van der Waals surface area contributed by atoms with Crippen molar-refractivity contribution in [3.05, 3.63) is 34.9 Å². The molecule has 2 fully saturated rings. The van der Waals surface area contributed by atoms with E-state index in [1.807, 2.05) is 17.9 Å². The minimum atomic E-state index is 0.447. The van der Waals surface area contributed by atoms with Crippen LogP contribution >= 0.6 is 0 Å². The van der Waals surface area contributed by atoms with Crippen LogP contribution in [0.1, 0.15) is 68.1 Å². The normalized spacial score (nSPS) is 26.8. The molecule has 3 atom stereocenters. The average Bonchev–Trinajstić information content (AvgIpc) is 3.35. The van der Waals surface area contributed by atoms with Crippen molar-refractivity contribution in [2.45, 2.75) is 84.8 Å². The van der Waals surface area contributed by atoms with E-state index in [0.717, 1.165) is 61.3 Å². The molecule has 2 bridgehead atoms. The van der Waals surface area contributed by atoms with Crippen LogP contribution in [0.3, 0.4) is 0 Å². The van der Waals surface area contributed by atoms with Gasteiger partial charge < -0.3 is 10.2 Å². The molecule has 2 saturated carbocycles. The van der Waals surface area contributed by atoms with Gasteiger partial charge in [-0.25, -0.2) is 4.98 Å². The zero-order valence-corrected chi connectivity index (χ0v) is 21.3. The summed E-state index contributed by atoms with van der Waals surface area (Å²) in [4.78, 5) is 7.23. The molecule has 7 nitrogen and oxygen atoms in total. The fourth-order valence-electron chi connectivity index (χ4n) is 7.32. The molecule has 6 rings (SSSR count). The first kappa shape index (κ1) is 22.1. The Labute approximate surface area is 202 Å². The highest BCUT2D eigenvalue weighted by atomic mass is 15.3. The third-order valence-electron chi connectivity index (χ3n) is 8.97. The second-order valence-electron chi connectivity index (χ2n) is 11.2. The molecule has 3 unspecified atom stereocenters. The Morgan fingerprint density at radius 1 is 1.21 bits per heavy atom. The van der Waals surface area contributed by atoms with Gasteiger partial charge >= 0.3 is 0 Å². The minimum absolute atomic E-state index is 0.447. The van der Waals surface area contributed by atoms with Crippen LogP contribution in [0.4, 0.5) is 5.69 Å². The molecule has 34 heavy (non-hydrogen) atoms. The Bertz CT molecular complexity index is 1210. The van der Waals surface area contributed by atoms with Crippen molar-refractivity contribution in [1.82, 2.24) is 29.9 Å². The third kappa shape index (κ3) is 3.63. The Hall–Kier alpha value is -2.41. The van der Waals surface area contributed by atoms with Gasteiger partial charge in [0.25, 0.3) is 0 Å². The van der Waals surface area contributed by atoms with E-state index in [1.54, 1.807) is 0 Å². The van der Waals surface area contributed by atoms with E-state index >= 15 is 0 Å². The zero-order valence-electron chi connectivity index (χ0n) is 21.3. The van der Waals surface area contributed by atoms with Crippen LogP contribution in [0.2, 0.25) is 0 Å². The van der Waals surface area contributed by atoms with E-state index in [4.69, 9.17) is 10.1 Å². The van der Waals surface area contributed by atoms with Gasteiger partial charge in [-0.3, -0.25) is 9.36 Å². The van der Waals surface area contributed by atoms with Gasteiger partial charge in [-0.2, -0.15) is 10.2 Å². The number of aromatic nitrogens is 5. The van der Waals surface area contributed by atoms with Gasteiger partial charge in [0.2, 0.25) is 0 Å². The van der Waals surface area contributed by atoms with Crippen LogP contribution < -0.4 is 10.2 Å². The molecule has 0 aromatic carbocycles. The molecule has 3 aliphatic rings. The number of fused-ring (bicyclic) bond motifs is 4. The molecule has 7 heteroatoms. The van der Waals surface area contributed by atoms with Crippen LogP contribution in [0, 0.1) is 25.2 Å². The van der Waals surface area contributed by atoms with Crippen molar-refractivity contribution >= 4 is 16.7 Å². The molecule has 3 aromatic heterocycles.